The van der Waals surface area contributed by atoms with Crippen LogP contribution in [0.5, 0.6) is 0 Å². The first-order valence-electron chi connectivity index (χ1n) is 7.75. The van der Waals surface area contributed by atoms with E-state index < -0.39 is 0 Å². The Labute approximate surface area is 131 Å². The molecule has 5 nitrogen and oxygen atoms in total. The van der Waals surface area contributed by atoms with Crippen molar-refractivity contribution in [3.05, 3.63) is 17.5 Å². The molecule has 118 valence electrons. The standard InChI is InChI=1S/C15H26N4OS/c1-4-21-14-8-6-5-7-13(14)18-15(20)16-9-12-10-17-19(3)11(12)2/h10,13-14H,4-9H2,1-3H3,(H2,16,18,20)/t13-,14-/m1/s1. The second kappa shape index (κ2) is 7.73. The van der Waals surface area contributed by atoms with Gasteiger partial charge < -0.3 is 10.6 Å². The summed E-state index contributed by atoms with van der Waals surface area (Å²) in [5.74, 6) is 1.11. The van der Waals surface area contributed by atoms with Crippen LogP contribution in [0.1, 0.15) is 43.9 Å². The molecule has 2 N–H and O–H groups in total. The number of rotatable bonds is 5. The van der Waals surface area contributed by atoms with Gasteiger partial charge in [0.1, 0.15) is 0 Å². The summed E-state index contributed by atoms with van der Waals surface area (Å²) in [6.07, 6.45) is 6.62. The number of urea groups is 1. The van der Waals surface area contributed by atoms with E-state index >= 15 is 0 Å². The largest absolute Gasteiger partial charge is 0.334 e. The molecular weight excluding hydrogens is 284 g/mol. The van der Waals surface area contributed by atoms with E-state index in [-0.39, 0.29) is 6.03 Å². The fraction of sp³-hybridized carbons (Fsp3) is 0.733. The van der Waals surface area contributed by atoms with Gasteiger partial charge in [0, 0.05) is 36.1 Å². The van der Waals surface area contributed by atoms with Crippen LogP contribution in [0.3, 0.4) is 0 Å². The number of carbonyl (C=O) groups excluding carboxylic acids is 1. The molecule has 1 aliphatic rings. The minimum Gasteiger partial charge on any atom is -0.334 e. The number of carbonyl (C=O) groups is 1. The maximum atomic E-state index is 12.1. The van der Waals surface area contributed by atoms with Crippen LogP contribution in [0.4, 0.5) is 4.79 Å². The SMILES string of the molecule is CCS[C@@H]1CCCC[C@H]1NC(=O)NCc1cnn(C)c1C. The number of nitrogens with zero attached hydrogens (tertiary/aromatic N) is 2. The van der Waals surface area contributed by atoms with E-state index in [0.717, 1.165) is 23.4 Å². The highest BCUT2D eigenvalue weighted by atomic mass is 32.2. The monoisotopic (exact) mass is 310 g/mol. The van der Waals surface area contributed by atoms with Crippen LogP contribution in [0.25, 0.3) is 0 Å². The Hall–Kier alpha value is -1.17. The number of aromatic nitrogens is 2. The van der Waals surface area contributed by atoms with E-state index in [1.165, 1.54) is 19.3 Å². The second-order valence-electron chi connectivity index (χ2n) is 5.59. The first-order chi connectivity index (χ1) is 10.1. The van der Waals surface area contributed by atoms with Gasteiger partial charge in [0.25, 0.3) is 0 Å². The molecule has 21 heavy (non-hydrogen) atoms. The smallest absolute Gasteiger partial charge is 0.315 e. The van der Waals surface area contributed by atoms with Crippen molar-refractivity contribution in [2.75, 3.05) is 5.75 Å². The number of hydrogen-bond acceptors (Lipinski definition) is 3. The lowest BCUT2D eigenvalue weighted by atomic mass is 9.95. The molecule has 1 aliphatic carbocycles. The summed E-state index contributed by atoms with van der Waals surface area (Å²) in [5.41, 5.74) is 2.16. The lowest BCUT2D eigenvalue weighted by Crippen LogP contribution is -2.47. The molecule has 0 radical (unpaired) electrons. The molecule has 0 spiro atoms. The van der Waals surface area contributed by atoms with Crippen molar-refractivity contribution in [2.24, 2.45) is 7.05 Å². The van der Waals surface area contributed by atoms with Crippen molar-refractivity contribution >= 4 is 17.8 Å². The Morgan fingerprint density at radius 2 is 2.24 bits per heavy atom. The van der Waals surface area contributed by atoms with Gasteiger partial charge in [-0.1, -0.05) is 19.8 Å². The van der Waals surface area contributed by atoms with Crippen molar-refractivity contribution in [3.8, 4) is 0 Å². The van der Waals surface area contributed by atoms with Crippen LogP contribution in [0.15, 0.2) is 6.20 Å². The topological polar surface area (TPSA) is 59.0 Å². The summed E-state index contributed by atoms with van der Waals surface area (Å²) in [6.45, 7) is 4.72. The number of amides is 2. The molecule has 1 fully saturated rings. The molecule has 2 amide bonds. The van der Waals surface area contributed by atoms with Crippen molar-refractivity contribution in [3.63, 3.8) is 0 Å². The Balaban J connectivity index is 1.81. The molecule has 1 aromatic heterocycles. The summed E-state index contributed by atoms with van der Waals surface area (Å²) in [5, 5.41) is 10.9. The average Bonchev–Trinajstić information content (AvgIpc) is 2.79. The van der Waals surface area contributed by atoms with E-state index in [2.05, 4.69) is 22.7 Å². The first-order valence-corrected chi connectivity index (χ1v) is 8.80. The van der Waals surface area contributed by atoms with Crippen LogP contribution in [0, 0.1) is 6.92 Å². The third-order valence-corrected chi connectivity index (χ3v) is 5.50. The lowest BCUT2D eigenvalue weighted by molar-refractivity contribution is 0.233. The fourth-order valence-electron chi connectivity index (χ4n) is 2.79. The van der Waals surface area contributed by atoms with Gasteiger partial charge >= 0.3 is 6.03 Å². The van der Waals surface area contributed by atoms with Crippen LogP contribution in [0.2, 0.25) is 0 Å². The van der Waals surface area contributed by atoms with E-state index in [0.29, 0.717) is 17.8 Å². The Bertz CT molecular complexity index is 472. The molecule has 1 heterocycles. The quantitative estimate of drug-likeness (QED) is 0.879. The first kappa shape index (κ1) is 16.2. The van der Waals surface area contributed by atoms with Crippen molar-refractivity contribution in [1.82, 2.24) is 20.4 Å². The van der Waals surface area contributed by atoms with Gasteiger partial charge in [-0.15, -0.1) is 0 Å². The summed E-state index contributed by atoms with van der Waals surface area (Å²) in [7, 11) is 1.91. The zero-order valence-corrected chi connectivity index (χ0v) is 14.0. The minimum absolute atomic E-state index is 0.0631. The van der Waals surface area contributed by atoms with E-state index in [1.54, 1.807) is 0 Å². The van der Waals surface area contributed by atoms with Crippen LogP contribution < -0.4 is 10.6 Å². The summed E-state index contributed by atoms with van der Waals surface area (Å²) in [6, 6.07) is 0.241. The maximum absolute atomic E-state index is 12.1. The molecule has 2 atom stereocenters. The molecular formula is C15H26N4OS. The van der Waals surface area contributed by atoms with E-state index in [9.17, 15) is 4.79 Å². The van der Waals surface area contributed by atoms with E-state index in [1.807, 2.05) is 36.6 Å². The lowest BCUT2D eigenvalue weighted by Gasteiger charge is -2.31. The zero-order chi connectivity index (χ0) is 15.2. The molecule has 1 aromatic rings. The zero-order valence-electron chi connectivity index (χ0n) is 13.2. The van der Waals surface area contributed by atoms with Gasteiger partial charge in [-0.25, -0.2) is 4.79 Å². The minimum atomic E-state index is -0.0631. The fourth-order valence-corrected chi connectivity index (χ4v) is 3.99. The summed E-state index contributed by atoms with van der Waals surface area (Å²) in [4.78, 5) is 12.1. The van der Waals surface area contributed by atoms with Gasteiger partial charge in [0.05, 0.1) is 6.20 Å². The maximum Gasteiger partial charge on any atom is 0.315 e. The second-order valence-corrected chi connectivity index (χ2v) is 7.11. The van der Waals surface area contributed by atoms with Crippen LogP contribution in [-0.4, -0.2) is 32.9 Å². The highest BCUT2D eigenvalue weighted by molar-refractivity contribution is 7.99. The number of aryl methyl sites for hydroxylation is 1. The van der Waals surface area contributed by atoms with Gasteiger partial charge in [0.15, 0.2) is 0 Å². The van der Waals surface area contributed by atoms with Crippen LogP contribution >= 0.6 is 11.8 Å². The Morgan fingerprint density at radius 1 is 1.48 bits per heavy atom. The Kier molecular flexibility index (Phi) is 5.96. The highest BCUT2D eigenvalue weighted by Crippen LogP contribution is 2.28. The molecule has 0 bridgehead atoms. The van der Waals surface area contributed by atoms with Gasteiger partial charge in [-0.3, -0.25) is 4.68 Å². The third kappa shape index (κ3) is 4.40. The summed E-state index contributed by atoms with van der Waals surface area (Å²) < 4.78 is 1.82. The number of hydrogen-bond donors (Lipinski definition) is 2. The van der Waals surface area contributed by atoms with Crippen molar-refractivity contribution in [2.45, 2.75) is 57.4 Å². The average molecular weight is 310 g/mol. The number of thioether (sulfide) groups is 1. The van der Waals surface area contributed by atoms with Gasteiger partial charge in [0.2, 0.25) is 0 Å². The van der Waals surface area contributed by atoms with Gasteiger partial charge in [-0.05, 0) is 25.5 Å². The molecule has 0 unspecified atom stereocenters. The van der Waals surface area contributed by atoms with Gasteiger partial charge in [-0.2, -0.15) is 16.9 Å². The molecule has 0 saturated heterocycles. The number of nitrogens with one attached hydrogen (secondary N) is 2. The predicted molar refractivity (Wildman–Crippen MR) is 87.5 cm³/mol. The molecule has 0 aromatic carbocycles. The van der Waals surface area contributed by atoms with E-state index in [4.69, 9.17) is 0 Å². The molecule has 6 heteroatoms. The summed E-state index contributed by atoms with van der Waals surface area (Å²) >= 11 is 1.97. The molecule has 1 saturated carbocycles. The predicted octanol–water partition coefficient (Wildman–Crippen LogP) is 2.59. The highest BCUT2D eigenvalue weighted by Gasteiger charge is 2.26. The third-order valence-electron chi connectivity index (χ3n) is 4.18. The van der Waals surface area contributed by atoms with Crippen molar-refractivity contribution in [1.29, 1.82) is 0 Å². The Morgan fingerprint density at radius 3 is 2.90 bits per heavy atom. The normalized spacial score (nSPS) is 22.0. The molecule has 0 aliphatic heterocycles. The van der Waals surface area contributed by atoms with Crippen molar-refractivity contribution < 1.29 is 4.79 Å². The van der Waals surface area contributed by atoms with Crippen LogP contribution in [-0.2, 0) is 13.6 Å². The molecule has 2 rings (SSSR count).